The molecular weight excluding hydrogens is 356 g/mol. The first kappa shape index (κ1) is 19.1. The predicted molar refractivity (Wildman–Crippen MR) is 108 cm³/mol. The number of fused-ring (bicyclic) bond motifs is 1. The number of carbonyl (C=O) groups is 1. The zero-order valence-corrected chi connectivity index (χ0v) is 16.1. The van der Waals surface area contributed by atoms with Gasteiger partial charge in [-0.3, -0.25) is 14.5 Å². The minimum absolute atomic E-state index is 0.116. The van der Waals surface area contributed by atoms with Crippen LogP contribution in [0.15, 0.2) is 29.1 Å². The van der Waals surface area contributed by atoms with E-state index in [-0.39, 0.29) is 5.43 Å². The lowest BCUT2D eigenvalue weighted by Gasteiger charge is -2.40. The number of H-pyrrole nitrogens is 1. The van der Waals surface area contributed by atoms with E-state index in [1.807, 2.05) is 0 Å². The Bertz CT molecular complexity index is 925. The number of nitrogens with zero attached hydrogens (tertiary/aromatic N) is 2. The van der Waals surface area contributed by atoms with Gasteiger partial charge in [-0.05, 0) is 57.0 Å². The Hall–Kier alpha value is -2.22. The van der Waals surface area contributed by atoms with Crippen molar-refractivity contribution in [1.82, 2.24) is 14.8 Å². The maximum Gasteiger partial charge on any atom is 0.248 e. The third kappa shape index (κ3) is 4.11. The molecule has 0 spiro atoms. The van der Waals surface area contributed by atoms with Crippen LogP contribution in [0.4, 0.5) is 0 Å². The number of aromatic nitrogens is 1. The molecule has 0 radical (unpaired) electrons. The number of nitrogens with two attached hydrogens (primary N) is 1. The van der Waals surface area contributed by atoms with E-state index in [0.717, 1.165) is 51.3 Å². The van der Waals surface area contributed by atoms with Gasteiger partial charge in [-0.15, -0.1) is 0 Å². The highest BCUT2D eigenvalue weighted by atomic mass is 16.3. The molecule has 150 valence electrons. The fourth-order valence-electron chi connectivity index (χ4n) is 4.42. The number of β-amino-alcohol motifs (C(OH)–C–C–N with tert-alkyl or cyclic N) is 1. The summed E-state index contributed by atoms with van der Waals surface area (Å²) >= 11 is 0. The molecule has 0 unspecified atom stereocenters. The van der Waals surface area contributed by atoms with E-state index >= 15 is 0 Å². The first-order chi connectivity index (χ1) is 13.4. The zero-order chi connectivity index (χ0) is 19.7. The normalized spacial score (nSPS) is 20.6. The molecule has 1 aromatic carbocycles. The molecule has 2 aromatic rings. The Morgan fingerprint density at radius 3 is 2.50 bits per heavy atom. The van der Waals surface area contributed by atoms with Crippen LogP contribution in [0.5, 0.6) is 0 Å². The minimum atomic E-state index is -0.594. The molecule has 3 heterocycles. The van der Waals surface area contributed by atoms with Crippen molar-refractivity contribution in [2.24, 2.45) is 5.73 Å². The summed E-state index contributed by atoms with van der Waals surface area (Å²) < 4.78 is 0. The molecule has 0 atom stereocenters. The summed E-state index contributed by atoms with van der Waals surface area (Å²) in [6.45, 7) is 5.23. The van der Waals surface area contributed by atoms with Crippen molar-refractivity contribution < 1.29 is 9.90 Å². The Morgan fingerprint density at radius 2 is 1.82 bits per heavy atom. The molecule has 0 saturated carbocycles. The van der Waals surface area contributed by atoms with Crippen LogP contribution in [0.2, 0.25) is 0 Å². The van der Waals surface area contributed by atoms with Gasteiger partial charge in [0.15, 0.2) is 5.43 Å². The molecule has 0 bridgehead atoms. The zero-order valence-electron chi connectivity index (χ0n) is 16.1. The van der Waals surface area contributed by atoms with Gasteiger partial charge in [-0.25, -0.2) is 0 Å². The SMILES string of the molecule is NC(=O)c1ccc2[nH]c(CN3CCC(O)(CN4CCCC4)CC3)cc(=O)c2c1. The summed E-state index contributed by atoms with van der Waals surface area (Å²) in [5.74, 6) is -0.542. The van der Waals surface area contributed by atoms with E-state index < -0.39 is 11.5 Å². The Labute approximate surface area is 164 Å². The lowest BCUT2D eigenvalue weighted by atomic mass is 9.90. The van der Waals surface area contributed by atoms with Gasteiger partial charge in [0.1, 0.15) is 0 Å². The highest BCUT2D eigenvalue weighted by Crippen LogP contribution is 2.26. The number of rotatable bonds is 5. The summed E-state index contributed by atoms with van der Waals surface area (Å²) in [5.41, 5.74) is 6.47. The van der Waals surface area contributed by atoms with Crippen molar-refractivity contribution in [3.8, 4) is 0 Å². The molecule has 1 aromatic heterocycles. The number of primary amides is 1. The number of aromatic amines is 1. The number of hydrogen-bond donors (Lipinski definition) is 3. The van der Waals surface area contributed by atoms with Gasteiger partial charge in [0, 0.05) is 54.4 Å². The minimum Gasteiger partial charge on any atom is -0.388 e. The third-order valence-electron chi connectivity index (χ3n) is 6.07. The number of aliphatic hydroxyl groups is 1. The van der Waals surface area contributed by atoms with Crippen LogP contribution in [0.1, 0.15) is 41.7 Å². The summed E-state index contributed by atoms with van der Waals surface area (Å²) in [5, 5.41) is 11.4. The fourth-order valence-corrected chi connectivity index (χ4v) is 4.42. The van der Waals surface area contributed by atoms with E-state index in [2.05, 4.69) is 14.8 Å². The number of likely N-dealkylation sites (tertiary alicyclic amines) is 2. The number of carbonyl (C=O) groups excluding carboxylic acids is 1. The average Bonchev–Trinajstić information content (AvgIpc) is 3.16. The fraction of sp³-hybridized carbons (Fsp3) is 0.524. The van der Waals surface area contributed by atoms with Gasteiger partial charge >= 0.3 is 0 Å². The van der Waals surface area contributed by atoms with Gasteiger partial charge in [0.25, 0.3) is 0 Å². The molecule has 2 aliphatic heterocycles. The van der Waals surface area contributed by atoms with E-state index in [9.17, 15) is 14.7 Å². The molecule has 28 heavy (non-hydrogen) atoms. The van der Waals surface area contributed by atoms with Crippen molar-refractivity contribution in [3.63, 3.8) is 0 Å². The van der Waals surface area contributed by atoms with Crippen LogP contribution in [0.25, 0.3) is 10.9 Å². The molecule has 1 amide bonds. The molecule has 2 aliphatic rings. The van der Waals surface area contributed by atoms with E-state index in [0.29, 0.717) is 23.0 Å². The van der Waals surface area contributed by atoms with Crippen molar-refractivity contribution in [2.45, 2.75) is 37.8 Å². The highest BCUT2D eigenvalue weighted by molar-refractivity contribution is 5.96. The number of nitrogens with one attached hydrogen (secondary N) is 1. The van der Waals surface area contributed by atoms with Crippen LogP contribution >= 0.6 is 0 Å². The number of pyridine rings is 1. The summed E-state index contributed by atoms with van der Waals surface area (Å²) in [6, 6.07) is 6.49. The first-order valence-corrected chi connectivity index (χ1v) is 10.0. The van der Waals surface area contributed by atoms with Crippen molar-refractivity contribution in [1.29, 1.82) is 0 Å². The molecule has 7 nitrogen and oxygen atoms in total. The lowest BCUT2D eigenvalue weighted by molar-refractivity contribution is -0.0432. The summed E-state index contributed by atoms with van der Waals surface area (Å²) in [7, 11) is 0. The molecular formula is C21H28N4O3. The van der Waals surface area contributed by atoms with Gasteiger partial charge in [-0.1, -0.05) is 0 Å². The molecule has 2 fully saturated rings. The van der Waals surface area contributed by atoms with Gasteiger partial charge in [0.2, 0.25) is 5.91 Å². The molecule has 0 aliphatic carbocycles. The maximum atomic E-state index is 12.5. The molecule has 4 N–H and O–H groups in total. The van der Waals surface area contributed by atoms with Crippen LogP contribution in [0.3, 0.4) is 0 Å². The third-order valence-corrected chi connectivity index (χ3v) is 6.07. The first-order valence-electron chi connectivity index (χ1n) is 10.0. The highest BCUT2D eigenvalue weighted by Gasteiger charge is 2.34. The monoisotopic (exact) mass is 384 g/mol. The number of hydrogen-bond acceptors (Lipinski definition) is 5. The smallest absolute Gasteiger partial charge is 0.248 e. The second-order valence-electron chi connectivity index (χ2n) is 8.27. The summed E-state index contributed by atoms with van der Waals surface area (Å²) in [4.78, 5) is 31.7. The Morgan fingerprint density at radius 1 is 1.11 bits per heavy atom. The lowest BCUT2D eigenvalue weighted by Crippen LogP contribution is -2.50. The predicted octanol–water partition coefficient (Wildman–Crippen LogP) is 1.05. The average molecular weight is 384 g/mol. The van der Waals surface area contributed by atoms with E-state index in [1.54, 1.807) is 24.3 Å². The molecule has 2 saturated heterocycles. The largest absolute Gasteiger partial charge is 0.388 e. The van der Waals surface area contributed by atoms with E-state index in [4.69, 9.17) is 5.73 Å². The van der Waals surface area contributed by atoms with E-state index in [1.165, 1.54) is 12.8 Å². The van der Waals surface area contributed by atoms with Gasteiger partial charge in [0.05, 0.1) is 5.60 Å². The van der Waals surface area contributed by atoms with Crippen molar-refractivity contribution in [3.05, 3.63) is 45.7 Å². The van der Waals surface area contributed by atoms with Crippen molar-refractivity contribution >= 4 is 16.8 Å². The van der Waals surface area contributed by atoms with Crippen molar-refractivity contribution in [2.75, 3.05) is 32.7 Å². The van der Waals surface area contributed by atoms with Crippen LogP contribution in [-0.2, 0) is 6.54 Å². The Balaban J connectivity index is 1.42. The second kappa shape index (κ2) is 7.66. The topological polar surface area (TPSA) is 103 Å². The molecule has 7 heteroatoms. The number of benzene rings is 1. The number of piperidine rings is 1. The van der Waals surface area contributed by atoms with Gasteiger partial charge in [-0.2, -0.15) is 0 Å². The number of amides is 1. The van der Waals surface area contributed by atoms with Crippen LogP contribution in [-0.4, -0.2) is 64.1 Å². The standard InChI is InChI=1S/C21H28N4O3/c22-20(27)15-3-4-18-17(11-15)19(26)12-16(23-18)13-24-9-5-21(28,6-10-24)14-25-7-1-2-8-25/h3-4,11-12,28H,1-2,5-10,13-14H2,(H2,22,27)(H,23,26). The Kier molecular flexibility index (Phi) is 5.23. The molecule has 4 rings (SSSR count). The van der Waals surface area contributed by atoms with Crippen LogP contribution < -0.4 is 11.2 Å². The second-order valence-corrected chi connectivity index (χ2v) is 8.27. The van der Waals surface area contributed by atoms with Crippen LogP contribution in [0, 0.1) is 0 Å². The maximum absolute atomic E-state index is 12.5. The summed E-state index contributed by atoms with van der Waals surface area (Å²) in [6.07, 6.45) is 3.98. The van der Waals surface area contributed by atoms with Gasteiger partial charge < -0.3 is 20.7 Å². The quantitative estimate of drug-likeness (QED) is 0.715.